The number of nitrogens with two attached hydrogens (primary N) is 1. The van der Waals surface area contributed by atoms with Crippen molar-refractivity contribution >= 4 is 5.91 Å². The molecule has 1 aromatic rings. The molecule has 1 fully saturated rings. The van der Waals surface area contributed by atoms with Gasteiger partial charge in [-0.2, -0.15) is 0 Å². The van der Waals surface area contributed by atoms with Gasteiger partial charge < -0.3 is 5.73 Å². The Labute approximate surface area is 90.5 Å². The highest BCUT2D eigenvalue weighted by Gasteiger charge is 2.40. The second-order valence-corrected chi connectivity index (χ2v) is 4.38. The summed E-state index contributed by atoms with van der Waals surface area (Å²) in [5.41, 5.74) is 6.62. The third-order valence-corrected chi connectivity index (χ3v) is 3.17. The maximum absolute atomic E-state index is 10.8. The van der Waals surface area contributed by atoms with E-state index in [0.29, 0.717) is 5.92 Å². The molecule has 1 aliphatic rings. The Morgan fingerprint density at radius 3 is 2.67 bits per heavy atom. The van der Waals surface area contributed by atoms with Gasteiger partial charge in [-0.25, -0.2) is 0 Å². The van der Waals surface area contributed by atoms with Gasteiger partial charge in [0.05, 0.1) is 0 Å². The zero-order chi connectivity index (χ0) is 10.7. The van der Waals surface area contributed by atoms with Gasteiger partial charge in [0.1, 0.15) is 0 Å². The molecule has 2 unspecified atom stereocenters. The van der Waals surface area contributed by atoms with E-state index in [1.54, 1.807) is 0 Å². The highest BCUT2D eigenvalue weighted by Crippen LogP contribution is 2.41. The zero-order valence-corrected chi connectivity index (χ0v) is 8.86. The molecular weight excluding hydrogens is 186 g/mol. The van der Waals surface area contributed by atoms with Gasteiger partial charge in [-0.05, 0) is 37.2 Å². The fourth-order valence-corrected chi connectivity index (χ4v) is 2.13. The van der Waals surface area contributed by atoms with E-state index >= 15 is 0 Å². The minimum absolute atomic E-state index is 0.111. The monoisotopic (exact) mass is 203 g/mol. The van der Waals surface area contributed by atoms with E-state index in [2.05, 4.69) is 24.3 Å². The van der Waals surface area contributed by atoms with Gasteiger partial charge in [-0.1, -0.05) is 30.3 Å². The first-order valence-electron chi connectivity index (χ1n) is 5.60. The van der Waals surface area contributed by atoms with Gasteiger partial charge in [0.25, 0.3) is 0 Å². The summed E-state index contributed by atoms with van der Waals surface area (Å²) in [7, 11) is 0. The van der Waals surface area contributed by atoms with Crippen molar-refractivity contribution in [1.29, 1.82) is 0 Å². The van der Waals surface area contributed by atoms with Crippen LogP contribution < -0.4 is 5.73 Å². The SMILES string of the molecule is NC(=O)C1CC1CCCc1ccccc1. The Hall–Kier alpha value is -1.31. The van der Waals surface area contributed by atoms with Crippen LogP contribution in [-0.2, 0) is 11.2 Å². The lowest BCUT2D eigenvalue weighted by atomic mass is 10.1. The van der Waals surface area contributed by atoms with Crippen LogP contribution in [0.25, 0.3) is 0 Å². The fraction of sp³-hybridized carbons (Fsp3) is 0.462. The van der Waals surface area contributed by atoms with Gasteiger partial charge in [-0.15, -0.1) is 0 Å². The summed E-state index contributed by atoms with van der Waals surface area (Å²) in [5.74, 6) is 0.645. The molecule has 2 N–H and O–H groups in total. The van der Waals surface area contributed by atoms with Crippen molar-refractivity contribution < 1.29 is 4.79 Å². The van der Waals surface area contributed by atoms with Crippen molar-refractivity contribution in [3.8, 4) is 0 Å². The van der Waals surface area contributed by atoms with E-state index < -0.39 is 0 Å². The van der Waals surface area contributed by atoms with Crippen LogP contribution in [0.15, 0.2) is 30.3 Å². The van der Waals surface area contributed by atoms with Crippen molar-refractivity contribution in [2.24, 2.45) is 17.6 Å². The number of carbonyl (C=O) groups excluding carboxylic acids is 1. The molecule has 0 radical (unpaired) electrons. The van der Waals surface area contributed by atoms with Gasteiger partial charge >= 0.3 is 0 Å². The lowest BCUT2D eigenvalue weighted by Gasteiger charge is -2.00. The largest absolute Gasteiger partial charge is 0.369 e. The Balaban J connectivity index is 1.67. The number of hydrogen-bond acceptors (Lipinski definition) is 1. The minimum Gasteiger partial charge on any atom is -0.369 e. The molecule has 0 bridgehead atoms. The second-order valence-electron chi connectivity index (χ2n) is 4.38. The Bertz CT molecular complexity index is 334. The molecule has 2 atom stereocenters. The summed E-state index contributed by atoms with van der Waals surface area (Å²) in [4.78, 5) is 10.8. The van der Waals surface area contributed by atoms with Crippen LogP contribution in [0.3, 0.4) is 0 Å². The molecule has 2 rings (SSSR count). The summed E-state index contributed by atoms with van der Waals surface area (Å²) in [6.07, 6.45) is 4.44. The number of hydrogen-bond donors (Lipinski definition) is 1. The topological polar surface area (TPSA) is 43.1 Å². The van der Waals surface area contributed by atoms with Crippen LogP contribution in [0.1, 0.15) is 24.8 Å². The van der Waals surface area contributed by atoms with Crippen LogP contribution >= 0.6 is 0 Å². The molecule has 2 heteroatoms. The normalized spacial score (nSPS) is 23.7. The van der Waals surface area contributed by atoms with E-state index in [-0.39, 0.29) is 11.8 Å². The predicted octanol–water partition coefficient (Wildman–Crippen LogP) is 2.13. The van der Waals surface area contributed by atoms with Crippen LogP contribution in [0.5, 0.6) is 0 Å². The van der Waals surface area contributed by atoms with Crippen LogP contribution in [0.2, 0.25) is 0 Å². The lowest BCUT2D eigenvalue weighted by molar-refractivity contribution is -0.119. The minimum atomic E-state index is -0.111. The van der Waals surface area contributed by atoms with E-state index in [9.17, 15) is 4.79 Å². The Morgan fingerprint density at radius 2 is 2.07 bits per heavy atom. The molecule has 15 heavy (non-hydrogen) atoms. The molecule has 1 aliphatic carbocycles. The van der Waals surface area contributed by atoms with Crippen molar-refractivity contribution in [3.63, 3.8) is 0 Å². The summed E-state index contributed by atoms with van der Waals surface area (Å²) in [6, 6.07) is 10.5. The van der Waals surface area contributed by atoms with Crippen molar-refractivity contribution in [3.05, 3.63) is 35.9 Å². The first-order valence-corrected chi connectivity index (χ1v) is 5.60. The molecule has 0 saturated heterocycles. The molecule has 80 valence electrons. The molecule has 0 heterocycles. The molecule has 2 nitrogen and oxygen atoms in total. The first-order chi connectivity index (χ1) is 7.27. The van der Waals surface area contributed by atoms with Gasteiger partial charge in [0.2, 0.25) is 5.91 Å². The number of amides is 1. The number of rotatable bonds is 5. The maximum Gasteiger partial charge on any atom is 0.220 e. The van der Waals surface area contributed by atoms with Crippen LogP contribution in [0.4, 0.5) is 0 Å². The van der Waals surface area contributed by atoms with E-state index in [0.717, 1.165) is 19.3 Å². The van der Waals surface area contributed by atoms with Gasteiger partial charge in [0, 0.05) is 5.92 Å². The van der Waals surface area contributed by atoms with Crippen molar-refractivity contribution in [1.82, 2.24) is 0 Å². The number of aryl methyl sites for hydroxylation is 1. The molecule has 0 aliphatic heterocycles. The lowest BCUT2D eigenvalue weighted by Crippen LogP contribution is -2.13. The quantitative estimate of drug-likeness (QED) is 0.782. The average molecular weight is 203 g/mol. The highest BCUT2D eigenvalue weighted by atomic mass is 16.1. The molecule has 0 aromatic heterocycles. The van der Waals surface area contributed by atoms with E-state index in [1.165, 1.54) is 12.0 Å². The first kappa shape index (κ1) is 10.2. The maximum atomic E-state index is 10.8. The van der Waals surface area contributed by atoms with E-state index in [4.69, 9.17) is 5.73 Å². The number of benzene rings is 1. The molecule has 1 saturated carbocycles. The summed E-state index contributed by atoms with van der Waals surface area (Å²) < 4.78 is 0. The summed E-state index contributed by atoms with van der Waals surface area (Å²) in [5, 5.41) is 0. The van der Waals surface area contributed by atoms with Gasteiger partial charge in [0.15, 0.2) is 0 Å². The van der Waals surface area contributed by atoms with Crippen molar-refractivity contribution in [2.45, 2.75) is 25.7 Å². The third kappa shape index (κ3) is 2.82. The molecule has 1 aromatic carbocycles. The second kappa shape index (κ2) is 4.47. The Morgan fingerprint density at radius 1 is 1.33 bits per heavy atom. The molecular formula is C13H17NO. The van der Waals surface area contributed by atoms with Gasteiger partial charge in [-0.3, -0.25) is 4.79 Å². The van der Waals surface area contributed by atoms with E-state index in [1.807, 2.05) is 6.07 Å². The number of primary amides is 1. The average Bonchev–Trinajstić information content (AvgIpc) is 2.99. The molecule has 1 amide bonds. The smallest absolute Gasteiger partial charge is 0.220 e. The predicted molar refractivity (Wildman–Crippen MR) is 60.2 cm³/mol. The fourth-order valence-electron chi connectivity index (χ4n) is 2.13. The molecule has 0 spiro atoms. The summed E-state index contributed by atoms with van der Waals surface area (Å²) >= 11 is 0. The van der Waals surface area contributed by atoms with Crippen LogP contribution in [0, 0.1) is 11.8 Å². The summed E-state index contributed by atoms with van der Waals surface area (Å²) in [6.45, 7) is 0. The number of carbonyl (C=O) groups is 1. The third-order valence-electron chi connectivity index (χ3n) is 3.17. The van der Waals surface area contributed by atoms with Crippen LogP contribution in [-0.4, -0.2) is 5.91 Å². The standard InChI is InChI=1S/C13H17NO/c14-13(15)12-9-11(12)8-4-7-10-5-2-1-3-6-10/h1-3,5-6,11-12H,4,7-9H2,(H2,14,15). The zero-order valence-electron chi connectivity index (χ0n) is 8.86. The Kier molecular flexibility index (Phi) is 3.05. The van der Waals surface area contributed by atoms with Crippen molar-refractivity contribution in [2.75, 3.05) is 0 Å². The highest BCUT2D eigenvalue weighted by molar-refractivity contribution is 5.79.